The van der Waals surface area contributed by atoms with Crippen molar-refractivity contribution in [1.29, 1.82) is 0 Å². The molecule has 0 aliphatic rings. The van der Waals surface area contributed by atoms with Crippen molar-refractivity contribution in [3.8, 4) is 0 Å². The van der Waals surface area contributed by atoms with Gasteiger partial charge < -0.3 is 10.6 Å². The van der Waals surface area contributed by atoms with E-state index in [1.807, 2.05) is 30.1 Å². The number of sulfone groups is 1. The van der Waals surface area contributed by atoms with Crippen LogP contribution in [0.15, 0.2) is 22.7 Å². The SMILES string of the molecule is CN(CCS(C)(=O)=O)Cc1cc(N)ccc1Br. The predicted octanol–water partition coefficient (Wildman–Crippen LogP) is 1.51. The van der Waals surface area contributed by atoms with E-state index in [0.717, 1.165) is 10.0 Å². The van der Waals surface area contributed by atoms with Gasteiger partial charge in [0.05, 0.1) is 5.75 Å². The fraction of sp³-hybridized carbons (Fsp3) is 0.455. The van der Waals surface area contributed by atoms with Crippen LogP contribution in [0.1, 0.15) is 5.56 Å². The van der Waals surface area contributed by atoms with Crippen LogP contribution in [0.3, 0.4) is 0 Å². The van der Waals surface area contributed by atoms with Crippen molar-refractivity contribution in [3.05, 3.63) is 28.2 Å². The van der Waals surface area contributed by atoms with Crippen molar-refractivity contribution in [2.75, 3.05) is 31.3 Å². The van der Waals surface area contributed by atoms with E-state index in [1.54, 1.807) is 0 Å². The third kappa shape index (κ3) is 5.52. The zero-order valence-electron chi connectivity index (χ0n) is 9.98. The number of hydrogen-bond donors (Lipinski definition) is 1. The van der Waals surface area contributed by atoms with Gasteiger partial charge in [-0.05, 0) is 30.8 Å². The largest absolute Gasteiger partial charge is 0.399 e. The Bertz CT molecular complexity index is 488. The number of nitrogens with zero attached hydrogens (tertiary/aromatic N) is 1. The quantitative estimate of drug-likeness (QED) is 0.835. The lowest BCUT2D eigenvalue weighted by molar-refractivity contribution is 0.345. The van der Waals surface area contributed by atoms with Gasteiger partial charge in [-0.3, -0.25) is 0 Å². The number of rotatable bonds is 5. The first-order valence-electron chi connectivity index (χ1n) is 5.18. The van der Waals surface area contributed by atoms with Gasteiger partial charge in [-0.2, -0.15) is 0 Å². The second-order valence-corrected chi connectivity index (χ2v) is 7.33. The Kier molecular flexibility index (Phi) is 4.97. The predicted molar refractivity (Wildman–Crippen MR) is 74.6 cm³/mol. The molecular formula is C11H17BrN2O2S. The normalized spacial score (nSPS) is 12.0. The Morgan fingerprint density at radius 2 is 2.06 bits per heavy atom. The van der Waals surface area contributed by atoms with Crippen molar-refractivity contribution >= 4 is 31.5 Å². The molecule has 1 aromatic rings. The Morgan fingerprint density at radius 3 is 2.65 bits per heavy atom. The molecule has 0 aliphatic carbocycles. The molecule has 4 nitrogen and oxygen atoms in total. The van der Waals surface area contributed by atoms with Crippen molar-refractivity contribution in [2.24, 2.45) is 0 Å². The summed E-state index contributed by atoms with van der Waals surface area (Å²) in [5, 5.41) is 0. The molecule has 0 fully saturated rings. The van der Waals surface area contributed by atoms with Gasteiger partial charge in [-0.25, -0.2) is 8.42 Å². The molecule has 1 rings (SSSR count). The van der Waals surface area contributed by atoms with Crippen LogP contribution in [0.2, 0.25) is 0 Å². The fourth-order valence-corrected chi connectivity index (χ4v) is 2.42. The van der Waals surface area contributed by atoms with Crippen molar-refractivity contribution < 1.29 is 8.42 Å². The molecule has 17 heavy (non-hydrogen) atoms. The Morgan fingerprint density at radius 1 is 1.41 bits per heavy atom. The molecule has 0 heterocycles. The lowest BCUT2D eigenvalue weighted by atomic mass is 10.2. The van der Waals surface area contributed by atoms with E-state index in [4.69, 9.17) is 5.73 Å². The highest BCUT2D eigenvalue weighted by Gasteiger charge is 2.08. The number of nitrogen functional groups attached to an aromatic ring is 1. The number of halogens is 1. The van der Waals surface area contributed by atoms with Gasteiger partial charge in [0.1, 0.15) is 9.84 Å². The lowest BCUT2D eigenvalue weighted by Gasteiger charge is -2.17. The number of hydrogen-bond acceptors (Lipinski definition) is 4. The molecular weight excluding hydrogens is 304 g/mol. The number of benzene rings is 1. The van der Waals surface area contributed by atoms with Crippen LogP contribution in [0.5, 0.6) is 0 Å². The van der Waals surface area contributed by atoms with Crippen LogP contribution in [0, 0.1) is 0 Å². The summed E-state index contributed by atoms with van der Waals surface area (Å²) in [5.41, 5.74) is 7.48. The topological polar surface area (TPSA) is 63.4 Å². The highest BCUT2D eigenvalue weighted by atomic mass is 79.9. The minimum absolute atomic E-state index is 0.170. The summed E-state index contributed by atoms with van der Waals surface area (Å²) in [4.78, 5) is 1.96. The van der Waals surface area contributed by atoms with E-state index >= 15 is 0 Å². The zero-order chi connectivity index (χ0) is 13.1. The maximum absolute atomic E-state index is 11.1. The molecule has 1 aromatic carbocycles. The smallest absolute Gasteiger partial charge is 0.148 e. The first-order valence-corrected chi connectivity index (χ1v) is 8.03. The van der Waals surface area contributed by atoms with Gasteiger partial charge in [0.25, 0.3) is 0 Å². The highest BCUT2D eigenvalue weighted by molar-refractivity contribution is 9.10. The van der Waals surface area contributed by atoms with Crippen LogP contribution in [-0.2, 0) is 16.4 Å². The van der Waals surface area contributed by atoms with Gasteiger partial charge in [0.2, 0.25) is 0 Å². The highest BCUT2D eigenvalue weighted by Crippen LogP contribution is 2.20. The minimum Gasteiger partial charge on any atom is -0.399 e. The molecule has 0 unspecified atom stereocenters. The molecule has 0 saturated heterocycles. The summed E-state index contributed by atoms with van der Waals surface area (Å²) in [6.45, 7) is 1.18. The first kappa shape index (κ1) is 14.5. The lowest BCUT2D eigenvalue weighted by Crippen LogP contribution is -2.25. The second-order valence-electron chi connectivity index (χ2n) is 4.22. The monoisotopic (exact) mass is 320 g/mol. The van der Waals surface area contributed by atoms with Gasteiger partial charge >= 0.3 is 0 Å². The molecule has 0 radical (unpaired) electrons. The summed E-state index contributed by atoms with van der Waals surface area (Å²) in [5.74, 6) is 0.170. The Labute approximate surface area is 111 Å². The van der Waals surface area contributed by atoms with Crippen LogP contribution in [0.4, 0.5) is 5.69 Å². The minimum atomic E-state index is -2.91. The summed E-state index contributed by atoms with van der Waals surface area (Å²) in [6.07, 6.45) is 1.25. The third-order valence-corrected chi connectivity index (χ3v) is 4.05. The van der Waals surface area contributed by atoms with E-state index in [1.165, 1.54) is 6.26 Å². The maximum atomic E-state index is 11.1. The van der Waals surface area contributed by atoms with E-state index < -0.39 is 9.84 Å². The summed E-state index contributed by atoms with van der Waals surface area (Å²) in [6, 6.07) is 5.61. The molecule has 0 aliphatic heterocycles. The Hall–Kier alpha value is -0.590. The molecule has 2 N–H and O–H groups in total. The molecule has 0 amide bonds. The zero-order valence-corrected chi connectivity index (χ0v) is 12.4. The van der Waals surface area contributed by atoms with Gasteiger partial charge in [-0.1, -0.05) is 15.9 Å². The van der Waals surface area contributed by atoms with Crippen molar-refractivity contribution in [3.63, 3.8) is 0 Å². The average molecular weight is 321 g/mol. The molecule has 0 saturated carbocycles. The molecule has 0 spiro atoms. The van der Waals surface area contributed by atoms with E-state index in [-0.39, 0.29) is 5.75 Å². The second kappa shape index (κ2) is 5.84. The summed E-state index contributed by atoms with van der Waals surface area (Å²) >= 11 is 3.45. The van der Waals surface area contributed by atoms with Gasteiger partial charge in [0.15, 0.2) is 0 Å². The van der Waals surface area contributed by atoms with Crippen LogP contribution < -0.4 is 5.73 Å². The van der Waals surface area contributed by atoms with Crippen LogP contribution in [-0.4, -0.2) is 38.9 Å². The fourth-order valence-electron chi connectivity index (χ4n) is 1.41. The third-order valence-electron chi connectivity index (χ3n) is 2.35. The maximum Gasteiger partial charge on any atom is 0.148 e. The standard InChI is InChI=1S/C11H17BrN2O2S/c1-14(5-6-17(2,15)16)8-9-7-10(13)3-4-11(9)12/h3-4,7H,5-6,8,13H2,1-2H3. The van der Waals surface area contributed by atoms with Gasteiger partial charge in [0, 0.05) is 29.5 Å². The number of nitrogens with two attached hydrogens (primary N) is 1. The van der Waals surface area contributed by atoms with Gasteiger partial charge in [-0.15, -0.1) is 0 Å². The van der Waals surface area contributed by atoms with E-state index in [9.17, 15) is 8.42 Å². The molecule has 0 atom stereocenters. The summed E-state index contributed by atoms with van der Waals surface area (Å²) < 4.78 is 23.1. The van der Waals surface area contributed by atoms with Crippen LogP contribution in [0.25, 0.3) is 0 Å². The molecule has 0 aromatic heterocycles. The Balaban J connectivity index is 2.62. The molecule has 6 heteroatoms. The summed E-state index contributed by atoms with van der Waals surface area (Å²) in [7, 11) is -1.02. The van der Waals surface area contributed by atoms with Crippen molar-refractivity contribution in [1.82, 2.24) is 4.90 Å². The first-order chi connectivity index (χ1) is 7.78. The average Bonchev–Trinajstić information content (AvgIpc) is 2.20. The van der Waals surface area contributed by atoms with Crippen molar-refractivity contribution in [2.45, 2.75) is 6.54 Å². The van der Waals surface area contributed by atoms with E-state index in [2.05, 4.69) is 15.9 Å². The molecule has 0 bridgehead atoms. The van der Waals surface area contributed by atoms with Crippen LogP contribution >= 0.6 is 15.9 Å². The van der Waals surface area contributed by atoms with E-state index in [0.29, 0.717) is 18.8 Å². The number of anilines is 1. The molecule has 96 valence electrons.